The number of nitrogens with zero attached hydrogens (tertiary/aromatic N) is 3. The largest absolute Gasteiger partial charge is 0.354 e. The van der Waals surface area contributed by atoms with E-state index in [-0.39, 0.29) is 30.2 Å². The summed E-state index contributed by atoms with van der Waals surface area (Å²) >= 11 is 0. The maximum atomic E-state index is 13.5. The zero-order valence-corrected chi connectivity index (χ0v) is 18.0. The lowest BCUT2D eigenvalue weighted by Gasteiger charge is -2.32. The first-order valence-corrected chi connectivity index (χ1v) is 10.4. The van der Waals surface area contributed by atoms with Crippen molar-refractivity contribution in [2.24, 2.45) is 0 Å². The molecule has 2 amide bonds. The molecule has 0 saturated carbocycles. The van der Waals surface area contributed by atoms with Crippen LogP contribution in [0.1, 0.15) is 65.7 Å². The molecule has 1 N–H and O–H groups in total. The molecule has 0 bridgehead atoms. The second-order valence-corrected chi connectivity index (χ2v) is 8.23. The predicted octanol–water partition coefficient (Wildman–Crippen LogP) is 3.32. The van der Waals surface area contributed by atoms with Crippen molar-refractivity contribution >= 4 is 11.8 Å². The lowest BCUT2D eigenvalue weighted by molar-refractivity contribution is -0.120. The molecule has 2 aromatic rings. The van der Waals surface area contributed by atoms with Gasteiger partial charge in [-0.3, -0.25) is 9.59 Å². The Kier molecular flexibility index (Phi) is 6.80. The Morgan fingerprint density at radius 3 is 2.57 bits per heavy atom. The number of aryl methyl sites for hydroxylation is 2. The van der Waals surface area contributed by atoms with Crippen molar-refractivity contribution in [2.45, 2.75) is 58.9 Å². The van der Waals surface area contributed by atoms with Gasteiger partial charge in [0.1, 0.15) is 11.6 Å². The SMILES string of the molecule is Cc1nc([C@H]2CCCN(C(=O)c3cccc(F)c3)C2)nc(C)c1CC(=O)NC(C)C. The van der Waals surface area contributed by atoms with Gasteiger partial charge in [-0.15, -0.1) is 0 Å². The number of carbonyl (C=O) groups is 2. The van der Waals surface area contributed by atoms with Crippen molar-refractivity contribution in [3.8, 4) is 0 Å². The van der Waals surface area contributed by atoms with Crippen molar-refractivity contribution in [2.75, 3.05) is 13.1 Å². The summed E-state index contributed by atoms with van der Waals surface area (Å²) in [6.45, 7) is 8.79. The van der Waals surface area contributed by atoms with Crippen molar-refractivity contribution in [1.82, 2.24) is 20.2 Å². The molecule has 6 nitrogen and oxygen atoms in total. The molecular formula is C23H29FN4O2. The van der Waals surface area contributed by atoms with Gasteiger partial charge in [0.15, 0.2) is 0 Å². The summed E-state index contributed by atoms with van der Waals surface area (Å²) in [5.41, 5.74) is 2.80. The maximum absolute atomic E-state index is 13.5. The summed E-state index contributed by atoms with van der Waals surface area (Å²) in [5, 5.41) is 2.90. The molecule has 1 aliphatic heterocycles. The molecule has 2 heterocycles. The molecule has 1 aliphatic rings. The standard InChI is InChI=1S/C23H29FN4O2/c1-14(2)25-21(29)12-20-15(3)26-22(27-16(20)4)18-8-6-10-28(13-18)23(30)17-7-5-9-19(24)11-17/h5,7,9,11,14,18H,6,8,10,12-13H2,1-4H3,(H,25,29)/t18-/m0/s1. The summed E-state index contributed by atoms with van der Waals surface area (Å²) in [4.78, 5) is 36.1. The van der Waals surface area contributed by atoms with Gasteiger partial charge >= 0.3 is 0 Å². The van der Waals surface area contributed by atoms with Gasteiger partial charge in [-0.1, -0.05) is 6.07 Å². The average Bonchev–Trinajstić information content (AvgIpc) is 2.69. The zero-order valence-electron chi connectivity index (χ0n) is 18.0. The Morgan fingerprint density at radius 2 is 1.93 bits per heavy atom. The maximum Gasteiger partial charge on any atom is 0.253 e. The van der Waals surface area contributed by atoms with E-state index in [2.05, 4.69) is 15.3 Å². The van der Waals surface area contributed by atoms with Crippen LogP contribution in [0.25, 0.3) is 0 Å². The molecule has 1 aromatic heterocycles. The number of hydrogen-bond acceptors (Lipinski definition) is 4. The van der Waals surface area contributed by atoms with Crippen LogP contribution >= 0.6 is 0 Å². The molecule has 1 aromatic carbocycles. The van der Waals surface area contributed by atoms with Gasteiger partial charge in [-0.05, 0) is 58.7 Å². The fourth-order valence-electron chi connectivity index (χ4n) is 3.91. The minimum atomic E-state index is -0.416. The Balaban J connectivity index is 1.75. The van der Waals surface area contributed by atoms with E-state index >= 15 is 0 Å². The van der Waals surface area contributed by atoms with E-state index in [0.29, 0.717) is 24.5 Å². The first-order chi connectivity index (χ1) is 14.2. The molecule has 7 heteroatoms. The number of likely N-dealkylation sites (tertiary alicyclic amines) is 1. The minimum absolute atomic E-state index is 0.0206. The highest BCUT2D eigenvalue weighted by atomic mass is 19.1. The van der Waals surface area contributed by atoms with Gasteiger partial charge in [-0.2, -0.15) is 0 Å². The van der Waals surface area contributed by atoms with Gasteiger partial charge in [0.25, 0.3) is 5.91 Å². The summed E-state index contributed by atoms with van der Waals surface area (Å²) in [7, 11) is 0. The predicted molar refractivity (Wildman–Crippen MR) is 113 cm³/mol. The van der Waals surface area contributed by atoms with Crippen molar-refractivity contribution < 1.29 is 14.0 Å². The molecule has 0 radical (unpaired) electrons. The highest BCUT2D eigenvalue weighted by Gasteiger charge is 2.28. The number of hydrogen-bond donors (Lipinski definition) is 1. The van der Waals surface area contributed by atoms with E-state index in [1.54, 1.807) is 17.0 Å². The molecule has 3 rings (SSSR count). The van der Waals surface area contributed by atoms with Crippen LogP contribution in [0, 0.1) is 19.7 Å². The number of halogens is 1. The number of carbonyl (C=O) groups excluding carboxylic acids is 2. The molecular weight excluding hydrogens is 383 g/mol. The minimum Gasteiger partial charge on any atom is -0.354 e. The van der Waals surface area contributed by atoms with Gasteiger partial charge in [0.2, 0.25) is 5.91 Å². The first-order valence-electron chi connectivity index (χ1n) is 10.4. The quantitative estimate of drug-likeness (QED) is 0.818. The number of nitrogens with one attached hydrogen (secondary N) is 1. The van der Waals surface area contributed by atoms with Gasteiger partial charge in [-0.25, -0.2) is 14.4 Å². The number of rotatable bonds is 5. The molecule has 1 atom stereocenters. The summed E-state index contributed by atoms with van der Waals surface area (Å²) in [5.74, 6) is 0.0924. The third-order valence-electron chi connectivity index (χ3n) is 5.37. The highest BCUT2D eigenvalue weighted by Crippen LogP contribution is 2.27. The normalized spacial score (nSPS) is 16.6. The van der Waals surface area contributed by atoms with E-state index in [1.165, 1.54) is 12.1 Å². The van der Waals surface area contributed by atoms with Gasteiger partial charge in [0, 0.05) is 47.6 Å². The summed E-state index contributed by atoms with van der Waals surface area (Å²) in [6.07, 6.45) is 1.98. The van der Waals surface area contributed by atoms with E-state index in [4.69, 9.17) is 0 Å². The topological polar surface area (TPSA) is 75.2 Å². The smallest absolute Gasteiger partial charge is 0.253 e. The summed E-state index contributed by atoms with van der Waals surface area (Å²) < 4.78 is 13.5. The van der Waals surface area contributed by atoms with Crippen molar-refractivity contribution in [3.63, 3.8) is 0 Å². The van der Waals surface area contributed by atoms with Crippen LogP contribution in [0.5, 0.6) is 0 Å². The zero-order chi connectivity index (χ0) is 21.8. The van der Waals surface area contributed by atoms with Crippen LogP contribution in [-0.4, -0.2) is 45.8 Å². The van der Waals surface area contributed by atoms with Crippen LogP contribution < -0.4 is 5.32 Å². The molecule has 0 unspecified atom stereocenters. The highest BCUT2D eigenvalue weighted by molar-refractivity contribution is 5.94. The summed E-state index contributed by atoms with van der Waals surface area (Å²) in [6, 6.07) is 5.87. The van der Waals surface area contributed by atoms with E-state index in [9.17, 15) is 14.0 Å². The Labute approximate surface area is 176 Å². The number of benzene rings is 1. The Bertz CT molecular complexity index is 922. The molecule has 1 fully saturated rings. The molecule has 0 spiro atoms. The Morgan fingerprint density at radius 1 is 1.23 bits per heavy atom. The molecule has 0 aliphatic carbocycles. The molecule has 1 saturated heterocycles. The Hall–Kier alpha value is -2.83. The second kappa shape index (κ2) is 9.32. The van der Waals surface area contributed by atoms with Crippen molar-refractivity contribution in [1.29, 1.82) is 0 Å². The molecule has 160 valence electrons. The van der Waals surface area contributed by atoms with E-state index in [1.807, 2.05) is 27.7 Å². The third-order valence-corrected chi connectivity index (χ3v) is 5.37. The van der Waals surface area contributed by atoms with Crippen LogP contribution in [0.2, 0.25) is 0 Å². The van der Waals surface area contributed by atoms with Crippen LogP contribution in [0.4, 0.5) is 4.39 Å². The fraction of sp³-hybridized carbons (Fsp3) is 0.478. The van der Waals surface area contributed by atoms with Gasteiger partial charge in [0.05, 0.1) is 6.42 Å². The molecule has 30 heavy (non-hydrogen) atoms. The fourth-order valence-corrected chi connectivity index (χ4v) is 3.91. The number of aromatic nitrogens is 2. The number of piperidine rings is 1. The average molecular weight is 413 g/mol. The van der Waals surface area contributed by atoms with Crippen molar-refractivity contribution in [3.05, 3.63) is 58.4 Å². The number of amides is 2. The monoisotopic (exact) mass is 412 g/mol. The second-order valence-electron chi connectivity index (χ2n) is 8.23. The van der Waals surface area contributed by atoms with Crippen LogP contribution in [0.15, 0.2) is 24.3 Å². The lowest BCUT2D eigenvalue weighted by Crippen LogP contribution is -2.39. The van der Waals surface area contributed by atoms with Gasteiger partial charge < -0.3 is 10.2 Å². The first kappa shape index (κ1) is 21.9. The van der Waals surface area contributed by atoms with E-state index in [0.717, 1.165) is 29.8 Å². The van der Waals surface area contributed by atoms with E-state index < -0.39 is 5.82 Å². The lowest BCUT2D eigenvalue weighted by atomic mass is 9.95. The third kappa shape index (κ3) is 5.20. The van der Waals surface area contributed by atoms with Crippen LogP contribution in [0.3, 0.4) is 0 Å². The van der Waals surface area contributed by atoms with Crippen LogP contribution in [-0.2, 0) is 11.2 Å².